The zero-order valence-corrected chi connectivity index (χ0v) is 21.5. The Morgan fingerprint density at radius 3 is 2.39 bits per heavy atom. The molecule has 4 nitrogen and oxygen atoms in total. The number of rotatable bonds is 7. The van der Waals surface area contributed by atoms with Gasteiger partial charge in [-0.2, -0.15) is 0 Å². The second-order valence-electron chi connectivity index (χ2n) is 11.5. The van der Waals surface area contributed by atoms with Crippen LogP contribution in [0.3, 0.4) is 0 Å². The van der Waals surface area contributed by atoms with Crippen molar-refractivity contribution in [2.45, 2.75) is 84.8 Å². The quantitative estimate of drug-likeness (QED) is 0.164. The van der Waals surface area contributed by atoms with Gasteiger partial charge in [0.05, 0.1) is 0 Å². The summed E-state index contributed by atoms with van der Waals surface area (Å²) in [5.41, 5.74) is 5.53. The van der Waals surface area contributed by atoms with E-state index in [0.717, 1.165) is 48.1 Å². The maximum atomic E-state index is 6.33. The molecule has 9 atom stereocenters. The van der Waals surface area contributed by atoms with Crippen LogP contribution >= 0.6 is 0 Å². The monoisotopic (exact) mass is 455 g/mol. The van der Waals surface area contributed by atoms with E-state index >= 15 is 0 Å². The first kappa shape index (κ1) is 26.5. The molecule has 0 radical (unpaired) electrons. The maximum Gasteiger partial charge on any atom is 0.141 e. The maximum absolute atomic E-state index is 6.33. The number of terminal acetylenes is 1. The van der Waals surface area contributed by atoms with E-state index in [1.54, 1.807) is 25.7 Å². The molecule has 3 N–H and O–H groups in total. The van der Waals surface area contributed by atoms with E-state index in [1.165, 1.54) is 37.7 Å². The molecule has 0 saturated heterocycles. The van der Waals surface area contributed by atoms with Crippen molar-refractivity contribution in [1.29, 1.82) is 0 Å². The summed E-state index contributed by atoms with van der Waals surface area (Å²) in [7, 11) is 0. The number of nitrogens with one attached hydrogen (secondary N) is 1. The van der Waals surface area contributed by atoms with E-state index in [9.17, 15) is 0 Å². The molecule has 5 fully saturated rings. The molecule has 0 aromatic heterocycles. The van der Waals surface area contributed by atoms with Crippen LogP contribution < -0.4 is 11.3 Å². The molecule has 0 aromatic rings. The molecule has 5 saturated carbocycles. The summed E-state index contributed by atoms with van der Waals surface area (Å²) >= 11 is 0. The van der Waals surface area contributed by atoms with Gasteiger partial charge < -0.3 is 0 Å². The van der Waals surface area contributed by atoms with Crippen molar-refractivity contribution >= 4 is 0 Å². The van der Waals surface area contributed by atoms with E-state index in [1.807, 2.05) is 18.9 Å². The second-order valence-corrected chi connectivity index (χ2v) is 11.5. The van der Waals surface area contributed by atoms with Gasteiger partial charge in [-0.25, -0.2) is 10.5 Å². The lowest BCUT2D eigenvalue weighted by Gasteiger charge is -2.55. The predicted molar refractivity (Wildman–Crippen MR) is 138 cm³/mol. The fraction of sp³-hybridized carbons (Fsp3) is 0.793. The smallest absolute Gasteiger partial charge is 0.141 e. The number of hydrogen-bond donors (Lipinski definition) is 2. The fourth-order valence-corrected chi connectivity index (χ4v) is 9.13. The summed E-state index contributed by atoms with van der Waals surface area (Å²) in [6, 6.07) is 0. The van der Waals surface area contributed by atoms with Crippen LogP contribution in [0.15, 0.2) is 25.3 Å². The van der Waals surface area contributed by atoms with Crippen LogP contribution in [-0.2, 0) is 4.84 Å². The van der Waals surface area contributed by atoms with Gasteiger partial charge in [-0.15, -0.1) is 26.0 Å². The van der Waals surface area contributed by atoms with E-state index in [-0.39, 0.29) is 6.23 Å². The van der Waals surface area contributed by atoms with Crippen molar-refractivity contribution in [3.8, 4) is 12.8 Å². The fourth-order valence-electron chi connectivity index (χ4n) is 9.13. The molecule has 0 heterocycles. The molecule has 0 amide bonds. The highest BCUT2D eigenvalue weighted by atomic mass is 16.7. The highest BCUT2D eigenvalue weighted by Gasteiger charge is 2.68. The van der Waals surface area contributed by atoms with E-state index in [2.05, 4.69) is 45.0 Å². The van der Waals surface area contributed by atoms with Gasteiger partial charge in [0.2, 0.25) is 0 Å². The standard InChI is InChI=1S/C25H43N3O.C2H4.C2H2/c1-5-27-29-17(3)28(26)15-16(2)21-8-9-22-19-11-13-25-14-18(25)6-7-23(25)20(19)10-12-24(21,22)4;2*1-2/h17-23,27H,2,5-15,26H2,1,3-4H3;1-2H2;1-2H/t17?,18-,19?,20?,21?,22?,23?,24?,25?;;/m1../s1. The predicted octanol–water partition coefficient (Wildman–Crippen LogP) is 5.93. The number of hydroxylamine groups is 1. The summed E-state index contributed by atoms with van der Waals surface area (Å²) in [4.78, 5) is 5.58. The molecular weight excluding hydrogens is 406 g/mol. The molecule has 33 heavy (non-hydrogen) atoms. The summed E-state index contributed by atoms with van der Waals surface area (Å²) in [6.07, 6.45) is 21.2. The Balaban J connectivity index is 0.000000728. The molecule has 0 aliphatic heterocycles. The SMILES string of the molecule is C#C.C=C.C=C(CN(N)C(C)ONCC)C1CCC2C3CCC45C[C@H]4CCC5C3CCC12C. The van der Waals surface area contributed by atoms with Crippen molar-refractivity contribution in [3.05, 3.63) is 25.3 Å². The highest BCUT2D eigenvalue weighted by Crippen LogP contribution is 2.76. The van der Waals surface area contributed by atoms with Crippen molar-refractivity contribution in [1.82, 2.24) is 10.5 Å². The lowest BCUT2D eigenvalue weighted by molar-refractivity contribution is -0.0982. The van der Waals surface area contributed by atoms with Crippen LogP contribution in [0.25, 0.3) is 0 Å². The van der Waals surface area contributed by atoms with Gasteiger partial charge >= 0.3 is 0 Å². The van der Waals surface area contributed by atoms with Crippen LogP contribution in [0.4, 0.5) is 0 Å². The number of hydrazine groups is 1. The van der Waals surface area contributed by atoms with Crippen molar-refractivity contribution < 1.29 is 4.84 Å². The first-order valence-corrected chi connectivity index (χ1v) is 13.3. The average molecular weight is 456 g/mol. The summed E-state index contributed by atoms with van der Waals surface area (Å²) < 4.78 is 0. The molecular formula is C29H49N3O. The third-order valence-corrected chi connectivity index (χ3v) is 10.5. The molecule has 186 valence electrons. The summed E-state index contributed by atoms with van der Waals surface area (Å²) in [5.74, 6) is 12.1. The topological polar surface area (TPSA) is 50.5 Å². The zero-order chi connectivity index (χ0) is 24.4. The molecule has 5 aliphatic rings. The van der Waals surface area contributed by atoms with Crippen LogP contribution in [-0.4, -0.2) is 24.3 Å². The van der Waals surface area contributed by atoms with Gasteiger partial charge in [0.15, 0.2) is 0 Å². The lowest BCUT2D eigenvalue weighted by atomic mass is 9.50. The molecule has 5 rings (SSSR count). The Bertz CT molecular complexity index is 706. The largest absolute Gasteiger partial charge is 0.282 e. The minimum absolute atomic E-state index is 0.143. The van der Waals surface area contributed by atoms with Crippen molar-refractivity contribution in [2.24, 2.45) is 52.2 Å². The van der Waals surface area contributed by atoms with Gasteiger partial charge in [-0.3, -0.25) is 10.7 Å². The molecule has 5 aliphatic carbocycles. The Morgan fingerprint density at radius 2 is 1.73 bits per heavy atom. The van der Waals surface area contributed by atoms with Gasteiger partial charge in [0, 0.05) is 13.1 Å². The Hall–Kier alpha value is -1.12. The van der Waals surface area contributed by atoms with Crippen LogP contribution in [0.5, 0.6) is 0 Å². The number of fused-ring (bicyclic) bond motifs is 4. The third kappa shape index (κ3) is 4.47. The first-order chi connectivity index (χ1) is 15.9. The normalized spacial score (nSPS) is 42.9. The van der Waals surface area contributed by atoms with Crippen LogP contribution in [0, 0.1) is 59.2 Å². The van der Waals surface area contributed by atoms with Gasteiger partial charge in [-0.05, 0) is 111 Å². The minimum Gasteiger partial charge on any atom is -0.282 e. The van der Waals surface area contributed by atoms with Gasteiger partial charge in [0.1, 0.15) is 6.23 Å². The Kier molecular flexibility index (Phi) is 8.55. The molecule has 8 unspecified atom stereocenters. The molecule has 0 bridgehead atoms. The summed E-state index contributed by atoms with van der Waals surface area (Å²) in [5, 5.41) is 1.81. The van der Waals surface area contributed by atoms with Crippen LogP contribution in [0.1, 0.15) is 78.6 Å². The third-order valence-electron chi connectivity index (χ3n) is 10.5. The lowest BCUT2D eigenvalue weighted by Crippen LogP contribution is -2.49. The van der Waals surface area contributed by atoms with Crippen LogP contribution in [0.2, 0.25) is 0 Å². The summed E-state index contributed by atoms with van der Waals surface area (Å²) in [6.45, 7) is 18.7. The van der Waals surface area contributed by atoms with Gasteiger partial charge in [-0.1, -0.05) is 26.0 Å². The minimum atomic E-state index is -0.143. The van der Waals surface area contributed by atoms with E-state index in [0.29, 0.717) is 11.3 Å². The van der Waals surface area contributed by atoms with Crippen molar-refractivity contribution in [3.63, 3.8) is 0 Å². The Labute approximate surface area is 203 Å². The van der Waals surface area contributed by atoms with Crippen molar-refractivity contribution in [2.75, 3.05) is 13.1 Å². The second kappa shape index (κ2) is 10.6. The zero-order valence-electron chi connectivity index (χ0n) is 21.5. The number of nitrogens with zero attached hydrogens (tertiary/aromatic N) is 1. The average Bonchev–Trinajstić information content (AvgIpc) is 3.21. The van der Waals surface area contributed by atoms with E-state index < -0.39 is 0 Å². The molecule has 0 aromatic carbocycles. The first-order valence-electron chi connectivity index (χ1n) is 13.3. The number of nitrogens with two attached hydrogens (primary N) is 1. The highest BCUT2D eigenvalue weighted by molar-refractivity contribution is 5.20. The molecule has 4 heteroatoms. The Morgan fingerprint density at radius 1 is 1.09 bits per heavy atom. The van der Waals surface area contributed by atoms with Gasteiger partial charge in [0.25, 0.3) is 0 Å². The van der Waals surface area contributed by atoms with E-state index in [4.69, 9.17) is 10.7 Å². The number of hydrogen-bond acceptors (Lipinski definition) is 4. The molecule has 1 spiro atoms.